The molecule has 0 bridgehead atoms. The molecular formula is C24H26N6O2. The van der Waals surface area contributed by atoms with Crippen LogP contribution in [0.4, 0.5) is 10.7 Å². The average Bonchev–Trinajstić information content (AvgIpc) is 3.53. The van der Waals surface area contributed by atoms with Crippen LogP contribution in [0.3, 0.4) is 0 Å². The number of amides is 1. The summed E-state index contributed by atoms with van der Waals surface area (Å²) in [6.07, 6.45) is 7.58. The molecule has 164 valence electrons. The third-order valence-corrected chi connectivity index (χ3v) is 6.58. The van der Waals surface area contributed by atoms with Crippen molar-refractivity contribution in [2.45, 2.75) is 32.0 Å². The Bertz CT molecular complexity index is 1100. The summed E-state index contributed by atoms with van der Waals surface area (Å²) < 4.78 is 5.60. The number of aromatic nitrogens is 2. The number of hydrogen-bond donors (Lipinski definition) is 2. The molecule has 1 fully saturated rings. The molecule has 6 rings (SSSR count). The van der Waals surface area contributed by atoms with Gasteiger partial charge in [0.2, 0.25) is 5.95 Å². The summed E-state index contributed by atoms with van der Waals surface area (Å²) in [4.78, 5) is 25.8. The van der Waals surface area contributed by atoms with Crippen LogP contribution >= 0.6 is 0 Å². The highest BCUT2D eigenvalue weighted by molar-refractivity contribution is 5.69. The Kier molecular flexibility index (Phi) is 4.70. The van der Waals surface area contributed by atoms with E-state index >= 15 is 0 Å². The van der Waals surface area contributed by atoms with Gasteiger partial charge in [-0.05, 0) is 35.6 Å². The van der Waals surface area contributed by atoms with Gasteiger partial charge in [0, 0.05) is 37.4 Å². The zero-order valence-corrected chi connectivity index (χ0v) is 17.9. The smallest absolute Gasteiger partial charge is 0.410 e. The van der Waals surface area contributed by atoms with Crippen molar-refractivity contribution >= 4 is 12.0 Å². The highest BCUT2D eigenvalue weighted by atomic mass is 16.6. The van der Waals surface area contributed by atoms with Crippen LogP contribution in [0.15, 0.2) is 54.0 Å². The number of anilines is 1. The second-order valence-corrected chi connectivity index (χ2v) is 8.82. The molecule has 8 heteroatoms. The lowest BCUT2D eigenvalue weighted by Gasteiger charge is -2.24. The third kappa shape index (κ3) is 3.66. The van der Waals surface area contributed by atoms with Crippen molar-refractivity contribution in [3.8, 4) is 0 Å². The fourth-order valence-corrected chi connectivity index (χ4v) is 4.91. The van der Waals surface area contributed by atoms with E-state index in [9.17, 15) is 4.79 Å². The molecule has 1 aromatic heterocycles. The Labute approximate surface area is 187 Å². The second-order valence-electron chi connectivity index (χ2n) is 8.82. The van der Waals surface area contributed by atoms with Gasteiger partial charge in [-0.1, -0.05) is 30.3 Å². The summed E-state index contributed by atoms with van der Waals surface area (Å²) in [5.41, 5.74) is 5.76. The van der Waals surface area contributed by atoms with Crippen molar-refractivity contribution in [1.29, 1.82) is 0 Å². The molecule has 1 amide bonds. The van der Waals surface area contributed by atoms with Crippen LogP contribution in [0.1, 0.15) is 22.4 Å². The van der Waals surface area contributed by atoms with Crippen LogP contribution in [-0.4, -0.2) is 58.1 Å². The first-order chi connectivity index (χ1) is 15.7. The minimum atomic E-state index is -0.307. The maximum Gasteiger partial charge on any atom is 0.410 e. The highest BCUT2D eigenvalue weighted by Gasteiger charge is 2.28. The van der Waals surface area contributed by atoms with Gasteiger partial charge >= 0.3 is 6.09 Å². The molecule has 0 unspecified atom stereocenters. The van der Waals surface area contributed by atoms with Crippen LogP contribution in [0, 0.1) is 0 Å². The number of allylic oxidation sites excluding steroid dienone is 2. The summed E-state index contributed by atoms with van der Waals surface area (Å²) in [7, 11) is 0. The van der Waals surface area contributed by atoms with Crippen LogP contribution in [0.5, 0.6) is 0 Å². The van der Waals surface area contributed by atoms with Crippen LogP contribution in [-0.2, 0) is 30.7 Å². The monoisotopic (exact) mass is 430 g/mol. The number of carbonyl (C=O) groups is 1. The van der Waals surface area contributed by atoms with E-state index in [4.69, 9.17) is 9.72 Å². The van der Waals surface area contributed by atoms with E-state index in [0.29, 0.717) is 31.7 Å². The lowest BCUT2D eigenvalue weighted by Crippen LogP contribution is -2.30. The molecule has 0 radical (unpaired) electrons. The number of rotatable bonds is 4. The Morgan fingerprint density at radius 2 is 1.97 bits per heavy atom. The van der Waals surface area contributed by atoms with Crippen LogP contribution in [0.25, 0.3) is 0 Å². The molecule has 1 aliphatic carbocycles. The molecule has 32 heavy (non-hydrogen) atoms. The standard InChI is InChI=1S/C24H26N6O2/c31-24(32-15-16-5-6-22-25-7-8-29(22)12-16)30-13-19-11-26-23(28-21(19)14-30)27-20-9-17-3-1-2-4-18(17)10-20/h1-6,11,20,25H,7-10,12-15H2,(H,26,27,28). The van der Waals surface area contributed by atoms with Crippen molar-refractivity contribution in [2.24, 2.45) is 0 Å². The number of ether oxygens (including phenoxy) is 1. The topological polar surface area (TPSA) is 82.6 Å². The first-order valence-corrected chi connectivity index (χ1v) is 11.2. The number of nitrogens with one attached hydrogen (secondary N) is 2. The minimum absolute atomic E-state index is 0.303. The molecule has 4 aliphatic rings. The van der Waals surface area contributed by atoms with Gasteiger partial charge in [-0.3, -0.25) is 4.90 Å². The highest BCUT2D eigenvalue weighted by Crippen LogP contribution is 2.26. The van der Waals surface area contributed by atoms with Crippen molar-refractivity contribution < 1.29 is 9.53 Å². The Morgan fingerprint density at radius 1 is 1.12 bits per heavy atom. The van der Waals surface area contributed by atoms with Gasteiger partial charge in [-0.15, -0.1) is 0 Å². The van der Waals surface area contributed by atoms with Crippen molar-refractivity contribution in [3.05, 3.63) is 76.4 Å². The van der Waals surface area contributed by atoms with E-state index in [1.807, 2.05) is 12.3 Å². The summed E-state index contributed by atoms with van der Waals surface area (Å²) in [6, 6.07) is 8.85. The van der Waals surface area contributed by atoms with Crippen LogP contribution in [0.2, 0.25) is 0 Å². The molecule has 0 atom stereocenters. The van der Waals surface area contributed by atoms with Crippen molar-refractivity contribution in [2.75, 3.05) is 31.6 Å². The molecule has 3 aliphatic heterocycles. The maximum absolute atomic E-state index is 12.6. The molecular weight excluding hydrogens is 404 g/mol. The third-order valence-electron chi connectivity index (χ3n) is 6.58. The molecule has 4 heterocycles. The first kappa shape index (κ1) is 19.2. The maximum atomic E-state index is 12.6. The van der Waals surface area contributed by atoms with E-state index in [-0.39, 0.29) is 6.09 Å². The van der Waals surface area contributed by atoms with Crippen molar-refractivity contribution in [3.63, 3.8) is 0 Å². The van der Waals surface area contributed by atoms with E-state index in [2.05, 4.69) is 50.9 Å². The Hall–Kier alpha value is -3.55. The molecule has 1 saturated heterocycles. The van der Waals surface area contributed by atoms with E-state index in [1.165, 1.54) is 11.1 Å². The van der Waals surface area contributed by atoms with Gasteiger partial charge < -0.3 is 20.3 Å². The number of carbonyl (C=O) groups excluding carboxylic acids is 1. The molecule has 8 nitrogen and oxygen atoms in total. The fourth-order valence-electron chi connectivity index (χ4n) is 4.91. The van der Waals surface area contributed by atoms with E-state index in [0.717, 1.165) is 55.1 Å². The predicted molar refractivity (Wildman–Crippen MR) is 120 cm³/mol. The lowest BCUT2D eigenvalue weighted by molar-refractivity contribution is 0.108. The average molecular weight is 431 g/mol. The van der Waals surface area contributed by atoms with Gasteiger partial charge in [-0.25, -0.2) is 14.8 Å². The van der Waals surface area contributed by atoms with Gasteiger partial charge in [0.25, 0.3) is 0 Å². The summed E-state index contributed by atoms with van der Waals surface area (Å²) >= 11 is 0. The molecule has 0 spiro atoms. The number of nitrogens with zero attached hydrogens (tertiary/aromatic N) is 4. The van der Waals surface area contributed by atoms with Crippen LogP contribution < -0.4 is 10.6 Å². The zero-order valence-electron chi connectivity index (χ0n) is 17.9. The molecule has 2 N–H and O–H groups in total. The number of fused-ring (bicyclic) bond motifs is 3. The summed E-state index contributed by atoms with van der Waals surface area (Å²) in [5.74, 6) is 1.78. The van der Waals surface area contributed by atoms with Gasteiger partial charge in [0.05, 0.1) is 18.8 Å². The molecule has 1 aromatic carbocycles. The second kappa shape index (κ2) is 7.85. The lowest BCUT2D eigenvalue weighted by atomic mass is 10.1. The van der Waals surface area contributed by atoms with Gasteiger partial charge in [0.1, 0.15) is 12.4 Å². The summed E-state index contributed by atoms with van der Waals surface area (Å²) in [5, 5.41) is 6.81. The summed E-state index contributed by atoms with van der Waals surface area (Å²) in [6.45, 7) is 4.01. The molecule has 2 aromatic rings. The minimum Gasteiger partial charge on any atom is -0.445 e. The number of hydrogen-bond acceptors (Lipinski definition) is 7. The fraction of sp³-hybridized carbons (Fsp3) is 0.375. The normalized spacial score (nSPS) is 19.0. The SMILES string of the molecule is O=C(OCC1=CC=C2NCCN2C1)N1Cc2cnc(NC3Cc4ccccc4C3)nc2C1. The molecule has 0 saturated carbocycles. The first-order valence-electron chi connectivity index (χ1n) is 11.2. The van der Waals surface area contributed by atoms with Gasteiger partial charge in [0.15, 0.2) is 0 Å². The van der Waals surface area contributed by atoms with Gasteiger partial charge in [-0.2, -0.15) is 0 Å². The number of benzene rings is 1. The zero-order chi connectivity index (χ0) is 21.5. The quantitative estimate of drug-likeness (QED) is 0.769. The Morgan fingerprint density at radius 3 is 2.81 bits per heavy atom. The van der Waals surface area contributed by atoms with E-state index < -0.39 is 0 Å². The van der Waals surface area contributed by atoms with E-state index in [1.54, 1.807) is 4.90 Å². The Balaban J connectivity index is 1.04. The van der Waals surface area contributed by atoms with Crippen molar-refractivity contribution in [1.82, 2.24) is 25.1 Å². The predicted octanol–water partition coefficient (Wildman–Crippen LogP) is 2.19. The largest absolute Gasteiger partial charge is 0.445 e.